The lowest BCUT2D eigenvalue weighted by molar-refractivity contribution is 0.0358. The average molecular weight is 406 g/mol. The number of carbonyl (C=O) groups is 1. The van der Waals surface area contributed by atoms with Crippen molar-refractivity contribution in [2.24, 2.45) is 0 Å². The van der Waals surface area contributed by atoms with Crippen molar-refractivity contribution in [3.63, 3.8) is 0 Å². The third kappa shape index (κ3) is 4.90. The lowest BCUT2D eigenvalue weighted by Crippen LogP contribution is -2.37. The zero-order valence-electron chi connectivity index (χ0n) is 16.9. The number of nitrogens with two attached hydrogens (primary N) is 1. The molecule has 1 aliphatic rings. The number of hydrogen-bond donors (Lipinski definition) is 1. The summed E-state index contributed by atoms with van der Waals surface area (Å²) in [7, 11) is 0. The topological polar surface area (TPSA) is 74.0 Å². The number of benzene rings is 3. The van der Waals surface area contributed by atoms with E-state index in [-0.39, 0.29) is 0 Å². The fourth-order valence-electron chi connectivity index (χ4n) is 3.53. The number of fused-ring (bicyclic) bond motifs is 1. The van der Waals surface area contributed by atoms with Crippen LogP contribution in [0, 0.1) is 0 Å². The van der Waals surface area contributed by atoms with Gasteiger partial charge in [-0.05, 0) is 42.8 Å². The van der Waals surface area contributed by atoms with Crippen molar-refractivity contribution in [2.75, 3.05) is 45.2 Å². The number of ether oxygens (including phenoxy) is 3. The molecule has 30 heavy (non-hydrogen) atoms. The van der Waals surface area contributed by atoms with Crippen LogP contribution in [0.5, 0.6) is 11.5 Å². The summed E-state index contributed by atoms with van der Waals surface area (Å²) in [6.45, 7) is 5.23. The number of morpholine rings is 1. The van der Waals surface area contributed by atoms with Crippen molar-refractivity contribution in [1.29, 1.82) is 0 Å². The van der Waals surface area contributed by atoms with E-state index in [1.54, 1.807) is 36.4 Å². The summed E-state index contributed by atoms with van der Waals surface area (Å²) in [6.07, 6.45) is 0.952. The molecule has 1 heterocycles. The van der Waals surface area contributed by atoms with E-state index in [0.717, 1.165) is 55.8 Å². The molecule has 6 nitrogen and oxygen atoms in total. The van der Waals surface area contributed by atoms with E-state index < -0.39 is 5.97 Å². The Kier molecular flexibility index (Phi) is 6.47. The molecule has 0 radical (unpaired) electrons. The van der Waals surface area contributed by atoms with Crippen LogP contribution >= 0.6 is 0 Å². The highest BCUT2D eigenvalue weighted by atomic mass is 16.5. The van der Waals surface area contributed by atoms with Crippen LogP contribution in [0.1, 0.15) is 16.8 Å². The van der Waals surface area contributed by atoms with E-state index in [1.165, 1.54) is 0 Å². The van der Waals surface area contributed by atoms with Crippen LogP contribution in [0.3, 0.4) is 0 Å². The molecule has 6 heteroatoms. The Labute approximate surface area is 176 Å². The minimum Gasteiger partial charge on any atom is -0.494 e. The summed E-state index contributed by atoms with van der Waals surface area (Å²) in [5.74, 6) is 0.823. The molecule has 0 bridgehead atoms. The first-order chi connectivity index (χ1) is 14.7. The first-order valence-electron chi connectivity index (χ1n) is 10.2. The van der Waals surface area contributed by atoms with Crippen molar-refractivity contribution in [3.05, 3.63) is 66.2 Å². The van der Waals surface area contributed by atoms with E-state index in [4.69, 9.17) is 19.9 Å². The zero-order valence-corrected chi connectivity index (χ0v) is 16.9. The molecule has 156 valence electrons. The first-order valence-corrected chi connectivity index (χ1v) is 10.2. The van der Waals surface area contributed by atoms with Crippen LogP contribution in [0.15, 0.2) is 60.7 Å². The van der Waals surface area contributed by atoms with Gasteiger partial charge in [0, 0.05) is 36.1 Å². The highest BCUT2D eigenvalue weighted by molar-refractivity contribution is 6.00. The lowest BCUT2D eigenvalue weighted by Gasteiger charge is -2.26. The van der Waals surface area contributed by atoms with Crippen molar-refractivity contribution in [1.82, 2.24) is 4.90 Å². The molecule has 0 atom stereocenters. The molecule has 3 aromatic carbocycles. The Bertz CT molecular complexity index is 998. The molecule has 0 aromatic heterocycles. The largest absolute Gasteiger partial charge is 0.494 e. The number of anilines is 1. The van der Waals surface area contributed by atoms with Crippen LogP contribution in [-0.2, 0) is 4.74 Å². The molecule has 3 aromatic rings. The fraction of sp³-hybridized carbons (Fsp3) is 0.292. The normalized spacial score (nSPS) is 14.5. The molecule has 0 unspecified atom stereocenters. The Morgan fingerprint density at radius 3 is 2.47 bits per heavy atom. The van der Waals surface area contributed by atoms with E-state index in [9.17, 15) is 4.79 Å². The van der Waals surface area contributed by atoms with E-state index in [0.29, 0.717) is 23.6 Å². The molecule has 0 saturated carbocycles. The van der Waals surface area contributed by atoms with Crippen LogP contribution in [0.2, 0.25) is 0 Å². The third-order valence-electron chi connectivity index (χ3n) is 5.20. The predicted octanol–water partition coefficient (Wildman–Crippen LogP) is 3.74. The lowest BCUT2D eigenvalue weighted by atomic mass is 10.1. The number of nitrogens with zero attached hydrogens (tertiary/aromatic N) is 1. The number of carbonyl (C=O) groups excluding carboxylic acids is 1. The van der Waals surface area contributed by atoms with Crippen LogP contribution in [0.25, 0.3) is 10.8 Å². The Morgan fingerprint density at radius 1 is 0.967 bits per heavy atom. The Morgan fingerprint density at radius 2 is 1.70 bits per heavy atom. The van der Waals surface area contributed by atoms with Crippen LogP contribution < -0.4 is 15.2 Å². The van der Waals surface area contributed by atoms with Gasteiger partial charge in [-0.25, -0.2) is 4.79 Å². The van der Waals surface area contributed by atoms with Gasteiger partial charge in [-0.3, -0.25) is 4.90 Å². The van der Waals surface area contributed by atoms with Gasteiger partial charge in [0.25, 0.3) is 0 Å². The summed E-state index contributed by atoms with van der Waals surface area (Å²) in [4.78, 5) is 15.0. The second-order valence-electron chi connectivity index (χ2n) is 7.27. The summed E-state index contributed by atoms with van der Waals surface area (Å²) in [5, 5.41) is 1.68. The van der Waals surface area contributed by atoms with Crippen LogP contribution in [-0.4, -0.2) is 50.3 Å². The molecule has 0 amide bonds. The SMILES string of the molecule is Nc1ccc(OC(=O)c2ccc(OCCCN3CCOCC3)cc2)c2ccccc12. The zero-order chi connectivity index (χ0) is 20.8. The van der Waals surface area contributed by atoms with E-state index in [2.05, 4.69) is 4.90 Å². The van der Waals surface area contributed by atoms with Crippen LogP contribution in [0.4, 0.5) is 5.69 Å². The van der Waals surface area contributed by atoms with Crippen molar-refractivity contribution in [3.8, 4) is 11.5 Å². The highest BCUT2D eigenvalue weighted by Gasteiger charge is 2.13. The van der Waals surface area contributed by atoms with Crippen molar-refractivity contribution >= 4 is 22.4 Å². The van der Waals surface area contributed by atoms with Gasteiger partial charge in [0.15, 0.2) is 0 Å². The summed E-state index contributed by atoms with van der Waals surface area (Å²) < 4.78 is 16.8. The van der Waals surface area contributed by atoms with Gasteiger partial charge in [0.1, 0.15) is 11.5 Å². The third-order valence-corrected chi connectivity index (χ3v) is 5.20. The molecule has 2 N–H and O–H groups in total. The molecular weight excluding hydrogens is 380 g/mol. The second-order valence-corrected chi connectivity index (χ2v) is 7.27. The van der Waals surface area contributed by atoms with Gasteiger partial charge in [-0.15, -0.1) is 0 Å². The minimum atomic E-state index is -0.413. The maximum Gasteiger partial charge on any atom is 0.343 e. The molecule has 1 fully saturated rings. The Hall–Kier alpha value is -3.09. The molecule has 0 spiro atoms. The van der Waals surface area contributed by atoms with E-state index in [1.807, 2.05) is 24.3 Å². The summed E-state index contributed by atoms with van der Waals surface area (Å²) >= 11 is 0. The average Bonchev–Trinajstić information content (AvgIpc) is 2.80. The molecule has 4 rings (SSSR count). The van der Waals surface area contributed by atoms with Gasteiger partial charge in [-0.2, -0.15) is 0 Å². The molecule has 1 saturated heterocycles. The highest BCUT2D eigenvalue weighted by Crippen LogP contribution is 2.30. The van der Waals surface area contributed by atoms with Gasteiger partial charge >= 0.3 is 5.97 Å². The first kappa shape index (κ1) is 20.2. The smallest absolute Gasteiger partial charge is 0.343 e. The monoisotopic (exact) mass is 406 g/mol. The number of rotatable bonds is 7. The van der Waals surface area contributed by atoms with Gasteiger partial charge in [-0.1, -0.05) is 24.3 Å². The van der Waals surface area contributed by atoms with Gasteiger partial charge in [0.05, 0.1) is 25.4 Å². The maximum absolute atomic E-state index is 12.6. The number of hydrogen-bond acceptors (Lipinski definition) is 6. The van der Waals surface area contributed by atoms with Crippen molar-refractivity contribution in [2.45, 2.75) is 6.42 Å². The molecular formula is C24H26N2O4. The molecule has 0 aliphatic carbocycles. The van der Waals surface area contributed by atoms with E-state index >= 15 is 0 Å². The van der Waals surface area contributed by atoms with Gasteiger partial charge < -0.3 is 19.9 Å². The summed E-state index contributed by atoms with van der Waals surface area (Å²) in [6, 6.07) is 18.1. The number of esters is 1. The standard InChI is InChI=1S/C24H26N2O4/c25-22-10-11-23(21-5-2-1-4-20(21)22)30-24(27)18-6-8-19(9-7-18)29-15-3-12-26-13-16-28-17-14-26/h1-2,4-11H,3,12-17,25H2. The fourth-order valence-corrected chi connectivity index (χ4v) is 3.53. The van der Waals surface area contributed by atoms with Gasteiger partial charge in [0.2, 0.25) is 0 Å². The second kappa shape index (κ2) is 9.61. The predicted molar refractivity (Wildman–Crippen MR) is 117 cm³/mol. The quantitative estimate of drug-likeness (QED) is 0.279. The maximum atomic E-state index is 12.6. The minimum absolute atomic E-state index is 0.413. The Balaban J connectivity index is 1.31. The number of nitrogen functional groups attached to an aromatic ring is 1. The molecule has 1 aliphatic heterocycles. The summed E-state index contributed by atoms with van der Waals surface area (Å²) in [5.41, 5.74) is 7.14. The van der Waals surface area contributed by atoms with Crippen molar-refractivity contribution < 1.29 is 19.0 Å².